The van der Waals surface area contributed by atoms with E-state index in [-0.39, 0.29) is 0 Å². The van der Waals surface area contributed by atoms with E-state index in [1.165, 1.54) is 90.1 Å². The smallest absolute Gasteiger partial charge is 0.0640 e. The van der Waals surface area contributed by atoms with Gasteiger partial charge in [-0.2, -0.15) is 0 Å². The molecule has 0 aliphatic carbocycles. The largest absolute Gasteiger partial charge is 0.308 e. The van der Waals surface area contributed by atoms with Gasteiger partial charge in [0, 0.05) is 46.4 Å². The summed E-state index contributed by atoms with van der Waals surface area (Å²) in [5, 5.41) is 7.98. The van der Waals surface area contributed by atoms with Gasteiger partial charge in [-0.25, -0.2) is 0 Å². The summed E-state index contributed by atoms with van der Waals surface area (Å²) in [7, 11) is 0. The molecule has 0 atom stereocenters. The topological polar surface area (TPSA) is 4.93 Å². The van der Waals surface area contributed by atoms with Crippen molar-refractivity contribution < 1.29 is 0 Å². The maximum Gasteiger partial charge on any atom is 0.0640 e. The Labute approximate surface area is 245 Å². The number of hydrogen-bond acceptors (Lipinski definition) is 2. The van der Waals surface area contributed by atoms with Crippen molar-refractivity contribution in [1.82, 2.24) is 4.57 Å². The number of rotatable bonds is 2. The quantitative estimate of drug-likeness (QED) is 0.198. The molecule has 0 fully saturated rings. The molecule has 9 aromatic rings. The van der Waals surface area contributed by atoms with Crippen LogP contribution in [-0.2, 0) is 0 Å². The molecule has 0 N–H and O–H groups in total. The van der Waals surface area contributed by atoms with Crippen LogP contribution in [0.25, 0.3) is 79.0 Å². The van der Waals surface area contributed by atoms with Gasteiger partial charge < -0.3 is 4.57 Å². The monoisotopic (exact) mass is 559 g/mol. The molecule has 0 saturated heterocycles. The highest BCUT2D eigenvalue weighted by atomic mass is 32.1. The fourth-order valence-corrected chi connectivity index (χ4v) is 8.83. The summed E-state index contributed by atoms with van der Waals surface area (Å²) in [6.07, 6.45) is 0. The molecule has 3 aromatic heterocycles. The van der Waals surface area contributed by atoms with Crippen molar-refractivity contribution in [1.29, 1.82) is 0 Å². The molecule has 1 nitrogen and oxygen atoms in total. The molecule has 6 aromatic carbocycles. The molecule has 0 unspecified atom stereocenters. The SMILES string of the molecule is Cc1ccc2c(c1)c1cc(C)ccc1n2-c1cccc2c1sc1ccc(-c3ccc4sc5ccccc5c4c3)cc12. The average Bonchev–Trinajstić information content (AvgIpc) is 3.65. The summed E-state index contributed by atoms with van der Waals surface area (Å²) in [5.74, 6) is 0. The van der Waals surface area contributed by atoms with Crippen molar-refractivity contribution in [3.05, 3.63) is 126 Å². The van der Waals surface area contributed by atoms with Crippen molar-refractivity contribution in [3.8, 4) is 16.8 Å². The van der Waals surface area contributed by atoms with Crippen molar-refractivity contribution in [3.63, 3.8) is 0 Å². The van der Waals surface area contributed by atoms with Crippen molar-refractivity contribution in [2.24, 2.45) is 0 Å². The Kier molecular flexibility index (Phi) is 4.84. The third-order valence-corrected chi connectivity index (χ3v) is 10.9. The second kappa shape index (κ2) is 8.53. The zero-order valence-electron chi connectivity index (χ0n) is 22.7. The van der Waals surface area contributed by atoms with E-state index in [1.54, 1.807) is 0 Å². The third kappa shape index (κ3) is 3.40. The zero-order chi connectivity index (χ0) is 27.2. The molecule has 9 rings (SSSR count). The summed E-state index contributed by atoms with van der Waals surface area (Å²) in [6.45, 7) is 4.36. The lowest BCUT2D eigenvalue weighted by Crippen LogP contribution is -1.94. The molecular weight excluding hydrogens is 535 g/mol. The lowest BCUT2D eigenvalue weighted by Gasteiger charge is -2.09. The molecule has 0 amide bonds. The first kappa shape index (κ1) is 23.3. The number of aryl methyl sites for hydroxylation is 2. The zero-order valence-corrected chi connectivity index (χ0v) is 24.4. The summed E-state index contributed by atoms with van der Waals surface area (Å²) >= 11 is 3.77. The van der Waals surface area contributed by atoms with Crippen molar-refractivity contribution >= 4 is 84.8 Å². The molecule has 3 heterocycles. The van der Waals surface area contributed by atoms with Crippen LogP contribution in [0.5, 0.6) is 0 Å². The number of hydrogen-bond donors (Lipinski definition) is 0. The Morgan fingerprint density at radius 3 is 1.73 bits per heavy atom. The molecule has 0 aliphatic heterocycles. The van der Waals surface area contributed by atoms with Crippen LogP contribution >= 0.6 is 22.7 Å². The normalized spacial score (nSPS) is 12.1. The lowest BCUT2D eigenvalue weighted by molar-refractivity contribution is 1.20. The summed E-state index contributed by atoms with van der Waals surface area (Å²) in [4.78, 5) is 0. The number of thiophene rings is 2. The fourth-order valence-electron chi connectivity index (χ4n) is 6.56. The van der Waals surface area contributed by atoms with Gasteiger partial charge >= 0.3 is 0 Å². The average molecular weight is 560 g/mol. The van der Waals surface area contributed by atoms with Gasteiger partial charge in [-0.3, -0.25) is 0 Å². The van der Waals surface area contributed by atoms with E-state index in [0.717, 1.165) is 0 Å². The Bertz CT molecular complexity index is 2440. The standard InChI is InChI=1S/C38H25NS2/c1-22-10-14-32-28(18-22)29-19-23(2)11-15-33(29)39(32)34-8-5-7-27-31-21-25(13-17-37(31)41-38(27)34)24-12-16-36-30(20-24)26-6-3-4-9-35(26)40-36/h3-21H,1-2H3. The minimum Gasteiger partial charge on any atom is -0.308 e. The van der Waals surface area contributed by atoms with Crippen molar-refractivity contribution in [2.75, 3.05) is 0 Å². The van der Waals surface area contributed by atoms with Gasteiger partial charge in [0.2, 0.25) is 0 Å². The fraction of sp³-hybridized carbons (Fsp3) is 0.0526. The first-order chi connectivity index (χ1) is 20.1. The van der Waals surface area contributed by atoms with Crippen LogP contribution in [0.15, 0.2) is 115 Å². The Morgan fingerprint density at radius 1 is 0.439 bits per heavy atom. The number of aromatic nitrogens is 1. The summed E-state index contributed by atoms with van der Waals surface area (Å²) in [5.41, 5.74) is 8.90. The molecule has 0 aliphatic rings. The van der Waals surface area contributed by atoms with Gasteiger partial charge in [0.05, 0.1) is 21.4 Å². The van der Waals surface area contributed by atoms with E-state index >= 15 is 0 Å². The number of nitrogens with zero attached hydrogens (tertiary/aromatic N) is 1. The van der Waals surface area contributed by atoms with Crippen LogP contribution in [0.2, 0.25) is 0 Å². The van der Waals surface area contributed by atoms with Crippen molar-refractivity contribution in [2.45, 2.75) is 13.8 Å². The predicted molar refractivity (Wildman–Crippen MR) is 181 cm³/mol. The molecule has 0 spiro atoms. The van der Waals surface area contributed by atoms with Gasteiger partial charge in [0.25, 0.3) is 0 Å². The molecule has 0 saturated carbocycles. The van der Waals surface area contributed by atoms with Crippen LogP contribution in [0, 0.1) is 13.8 Å². The molecule has 0 radical (unpaired) electrons. The Morgan fingerprint density at radius 2 is 1.02 bits per heavy atom. The molecular formula is C38H25NS2. The van der Waals surface area contributed by atoms with Crippen LogP contribution in [0.1, 0.15) is 11.1 Å². The van der Waals surface area contributed by atoms with Crippen LogP contribution in [-0.4, -0.2) is 4.57 Å². The lowest BCUT2D eigenvalue weighted by atomic mass is 10.0. The Hall–Kier alpha value is -4.44. The maximum atomic E-state index is 2.47. The van der Waals surface area contributed by atoms with E-state index in [9.17, 15) is 0 Å². The highest BCUT2D eigenvalue weighted by Gasteiger charge is 2.17. The minimum atomic E-state index is 1.25. The predicted octanol–water partition coefficient (Wildman–Crippen LogP) is 11.8. The van der Waals surface area contributed by atoms with Gasteiger partial charge in [-0.05, 0) is 85.6 Å². The van der Waals surface area contributed by atoms with E-state index < -0.39 is 0 Å². The first-order valence-electron chi connectivity index (χ1n) is 14.0. The van der Waals surface area contributed by atoms with Crippen LogP contribution < -0.4 is 0 Å². The van der Waals surface area contributed by atoms with Gasteiger partial charge in [-0.15, -0.1) is 22.7 Å². The third-order valence-electron chi connectivity index (χ3n) is 8.50. The van der Waals surface area contributed by atoms with Crippen LogP contribution in [0.4, 0.5) is 0 Å². The van der Waals surface area contributed by atoms with E-state index in [1.807, 2.05) is 22.7 Å². The van der Waals surface area contributed by atoms with E-state index in [4.69, 9.17) is 0 Å². The second-order valence-electron chi connectivity index (χ2n) is 11.2. The van der Waals surface area contributed by atoms with Gasteiger partial charge in [-0.1, -0.05) is 65.7 Å². The molecule has 194 valence electrons. The van der Waals surface area contributed by atoms with Gasteiger partial charge in [0.15, 0.2) is 0 Å². The highest BCUT2D eigenvalue weighted by Crippen LogP contribution is 2.43. The molecule has 0 bridgehead atoms. The first-order valence-corrected chi connectivity index (χ1v) is 15.6. The van der Waals surface area contributed by atoms with Gasteiger partial charge in [0.1, 0.15) is 0 Å². The number of fused-ring (bicyclic) bond motifs is 9. The summed E-state index contributed by atoms with van der Waals surface area (Å²) < 4.78 is 7.82. The second-order valence-corrected chi connectivity index (χ2v) is 13.3. The molecule has 41 heavy (non-hydrogen) atoms. The van der Waals surface area contributed by atoms with Crippen LogP contribution in [0.3, 0.4) is 0 Å². The number of benzene rings is 6. The summed E-state index contributed by atoms with van der Waals surface area (Å²) in [6, 6.07) is 43.2. The minimum absolute atomic E-state index is 1.25. The van der Waals surface area contributed by atoms with E-state index in [2.05, 4.69) is 134 Å². The highest BCUT2D eigenvalue weighted by molar-refractivity contribution is 7.26. The maximum absolute atomic E-state index is 2.47. The van der Waals surface area contributed by atoms with E-state index in [0.29, 0.717) is 0 Å². The Balaban J connectivity index is 1.28. The molecule has 3 heteroatoms.